The van der Waals surface area contributed by atoms with Crippen LogP contribution in [0.15, 0.2) is 59.1 Å². The minimum atomic E-state index is -2.88. The van der Waals surface area contributed by atoms with Gasteiger partial charge in [0.1, 0.15) is 22.8 Å². The molecule has 0 heterocycles. The van der Waals surface area contributed by atoms with Crippen LogP contribution in [0.2, 0.25) is 0 Å². The van der Waals surface area contributed by atoms with E-state index >= 15 is 0 Å². The number of phenols is 1. The molecule has 0 unspecified atom stereocenters. The second kappa shape index (κ2) is 8.51. The van der Waals surface area contributed by atoms with Crippen LogP contribution in [-0.2, 0) is 20.8 Å². The Balaban J connectivity index is 1.43. The summed E-state index contributed by atoms with van der Waals surface area (Å²) in [6.07, 6.45) is 1.13. The number of primary amides is 1. The average Bonchev–Trinajstić information content (AvgIpc) is 3.73. The van der Waals surface area contributed by atoms with Gasteiger partial charge in [-0.05, 0) is 66.5 Å². The molecule has 4 aliphatic carbocycles. The van der Waals surface area contributed by atoms with Crippen LogP contribution in [-0.4, -0.2) is 54.9 Å². The lowest BCUT2D eigenvalue weighted by atomic mass is 9.56. The van der Waals surface area contributed by atoms with Crippen LogP contribution >= 0.6 is 0 Å². The van der Waals surface area contributed by atoms with Crippen LogP contribution in [0.25, 0.3) is 11.1 Å². The van der Waals surface area contributed by atoms with Crippen LogP contribution < -0.4 is 16.8 Å². The second-order valence-corrected chi connectivity index (χ2v) is 11.1. The Hall–Kier alpha value is -4.48. The van der Waals surface area contributed by atoms with Crippen molar-refractivity contribution >= 4 is 29.1 Å². The Morgan fingerprint density at radius 2 is 1.68 bits per heavy atom. The third-order valence-corrected chi connectivity index (χ3v) is 8.54. The standard InChI is InChI=1S/C29H27N3O8/c30-26(38)22-19(34)11-28(31)10-14-9-17-16(12-3-5-15(6-4-12)32-27(39)13-1-2-13)7-8-18(33)21(17)23(35)20(14)24(36)29(28,40)25(22)37/h3-8,13-14,33-34,36,40H,1-2,9-11,31H2,(H2,30,38)(H,32,39)/t14-,28+,29-/m0/s1. The number of amides is 2. The smallest absolute Gasteiger partial charge is 0.255 e. The van der Waals surface area contributed by atoms with Crippen LogP contribution in [0.4, 0.5) is 5.69 Å². The molecule has 2 amide bonds. The van der Waals surface area contributed by atoms with Crippen molar-refractivity contribution in [3.63, 3.8) is 0 Å². The van der Waals surface area contributed by atoms with E-state index in [2.05, 4.69) is 5.32 Å². The molecule has 0 bridgehead atoms. The number of carbonyl (C=O) groups excluding carboxylic acids is 4. The summed E-state index contributed by atoms with van der Waals surface area (Å²) < 4.78 is 0. The Bertz CT molecular complexity index is 1600. The number of rotatable bonds is 4. The normalized spacial score (nSPS) is 27.6. The predicted molar refractivity (Wildman–Crippen MR) is 141 cm³/mol. The number of anilines is 1. The fraction of sp³-hybridized carbons (Fsp3) is 0.310. The summed E-state index contributed by atoms with van der Waals surface area (Å²) in [7, 11) is 0. The van der Waals surface area contributed by atoms with Crippen molar-refractivity contribution in [2.75, 3.05) is 5.32 Å². The molecule has 0 saturated heterocycles. The second-order valence-electron chi connectivity index (χ2n) is 11.1. The number of nitrogens with one attached hydrogen (secondary N) is 1. The van der Waals surface area contributed by atoms with Gasteiger partial charge < -0.3 is 37.2 Å². The molecule has 0 aromatic heterocycles. The van der Waals surface area contributed by atoms with Crippen molar-refractivity contribution in [2.24, 2.45) is 23.3 Å². The molecule has 0 spiro atoms. The molecule has 0 radical (unpaired) electrons. The molecule has 2 aromatic rings. The topological polar surface area (TPSA) is 213 Å². The molecule has 1 fully saturated rings. The fourth-order valence-electron chi connectivity index (χ4n) is 6.34. The number of aromatic hydroxyl groups is 1. The summed E-state index contributed by atoms with van der Waals surface area (Å²) in [5.41, 5.74) is 8.04. The molecule has 6 rings (SSSR count). The fourth-order valence-corrected chi connectivity index (χ4v) is 6.34. The highest BCUT2D eigenvalue weighted by molar-refractivity contribution is 6.25. The van der Waals surface area contributed by atoms with Gasteiger partial charge in [0, 0.05) is 23.6 Å². The summed E-state index contributed by atoms with van der Waals surface area (Å²) in [6.45, 7) is 0. The van der Waals surface area contributed by atoms with E-state index in [0.717, 1.165) is 12.8 Å². The first-order valence-corrected chi connectivity index (χ1v) is 12.9. The zero-order valence-electron chi connectivity index (χ0n) is 21.2. The van der Waals surface area contributed by atoms with Crippen molar-refractivity contribution in [2.45, 2.75) is 43.2 Å². The predicted octanol–water partition coefficient (Wildman–Crippen LogP) is 1.68. The van der Waals surface area contributed by atoms with Crippen LogP contribution in [0, 0.1) is 11.8 Å². The molecule has 9 N–H and O–H groups in total. The quantitative estimate of drug-likeness (QED) is 0.278. The average molecular weight is 546 g/mol. The Labute approximate surface area is 227 Å². The first kappa shape index (κ1) is 25.8. The molecule has 11 heteroatoms. The Morgan fingerprint density at radius 3 is 2.30 bits per heavy atom. The highest BCUT2D eigenvalue weighted by Gasteiger charge is 2.66. The number of allylic oxidation sites excluding steroid dienone is 1. The van der Waals surface area contributed by atoms with Gasteiger partial charge in [0.05, 0.1) is 11.1 Å². The molecule has 0 aliphatic heterocycles. The van der Waals surface area contributed by atoms with Gasteiger partial charge in [-0.1, -0.05) is 18.2 Å². The lowest BCUT2D eigenvalue weighted by Crippen LogP contribution is -2.71. The molecule has 206 valence electrons. The highest BCUT2D eigenvalue weighted by atomic mass is 16.4. The number of fused-ring (bicyclic) bond motifs is 3. The maximum absolute atomic E-state index is 13.8. The van der Waals surface area contributed by atoms with E-state index in [1.165, 1.54) is 6.07 Å². The minimum absolute atomic E-state index is 0.0301. The molecule has 40 heavy (non-hydrogen) atoms. The molecule has 1 saturated carbocycles. The van der Waals surface area contributed by atoms with Gasteiger partial charge in [0.25, 0.3) is 5.91 Å². The summed E-state index contributed by atoms with van der Waals surface area (Å²) in [5.74, 6) is -6.31. The minimum Gasteiger partial charge on any atom is -0.511 e. The van der Waals surface area contributed by atoms with Gasteiger partial charge >= 0.3 is 0 Å². The van der Waals surface area contributed by atoms with Crippen molar-refractivity contribution < 1.29 is 39.6 Å². The third-order valence-electron chi connectivity index (χ3n) is 8.54. The van der Waals surface area contributed by atoms with E-state index in [-0.39, 0.29) is 41.6 Å². The summed E-state index contributed by atoms with van der Waals surface area (Å²) in [5, 5.41) is 46.7. The monoisotopic (exact) mass is 545 g/mol. The lowest BCUT2D eigenvalue weighted by molar-refractivity contribution is -0.146. The number of hydrogen-bond acceptors (Lipinski definition) is 9. The van der Waals surface area contributed by atoms with E-state index in [4.69, 9.17) is 11.5 Å². The van der Waals surface area contributed by atoms with E-state index in [1.54, 1.807) is 30.3 Å². The van der Waals surface area contributed by atoms with Gasteiger partial charge in [0.2, 0.25) is 17.3 Å². The number of hydrogen-bond donors (Lipinski definition) is 7. The van der Waals surface area contributed by atoms with Crippen LogP contribution in [0.1, 0.15) is 41.6 Å². The SMILES string of the molecule is NC(=O)C1=C(O)C[C@]2(N)C[C@@H]3Cc4c(-c5ccc(NC(=O)C6CC6)cc5)ccc(O)c4C(=O)C3=C(O)[C@]2(O)C1=O. The van der Waals surface area contributed by atoms with E-state index in [9.17, 15) is 39.6 Å². The van der Waals surface area contributed by atoms with Crippen LogP contribution in [0.5, 0.6) is 5.75 Å². The number of Topliss-reactive ketones (excluding diaryl/α,β-unsaturated/α-hetero) is 2. The number of aliphatic hydroxyl groups is 3. The van der Waals surface area contributed by atoms with Gasteiger partial charge in [-0.15, -0.1) is 0 Å². The van der Waals surface area contributed by atoms with Crippen molar-refractivity contribution in [3.8, 4) is 16.9 Å². The lowest BCUT2D eigenvalue weighted by Gasteiger charge is -2.51. The number of phenolic OH excluding ortho intramolecular Hbond substituents is 1. The van der Waals surface area contributed by atoms with Crippen molar-refractivity contribution in [3.05, 3.63) is 70.2 Å². The number of ketones is 2. The van der Waals surface area contributed by atoms with Crippen LogP contribution in [0.3, 0.4) is 0 Å². The van der Waals surface area contributed by atoms with Gasteiger partial charge in [0.15, 0.2) is 5.78 Å². The van der Waals surface area contributed by atoms with Crippen molar-refractivity contribution in [1.82, 2.24) is 0 Å². The molecular formula is C29H27N3O8. The largest absolute Gasteiger partial charge is 0.511 e. The maximum atomic E-state index is 13.8. The molecular weight excluding hydrogens is 518 g/mol. The molecule has 2 aromatic carbocycles. The first-order chi connectivity index (χ1) is 18.9. The number of benzene rings is 2. The van der Waals surface area contributed by atoms with Gasteiger partial charge in [-0.2, -0.15) is 0 Å². The van der Waals surface area contributed by atoms with E-state index < -0.39 is 58.0 Å². The van der Waals surface area contributed by atoms with Crippen molar-refractivity contribution in [1.29, 1.82) is 0 Å². The zero-order valence-corrected chi connectivity index (χ0v) is 21.2. The summed E-state index contributed by atoms with van der Waals surface area (Å²) >= 11 is 0. The number of aliphatic hydroxyl groups excluding tert-OH is 2. The van der Waals surface area contributed by atoms with Gasteiger partial charge in [-0.25, -0.2) is 0 Å². The molecule has 3 atom stereocenters. The highest BCUT2D eigenvalue weighted by Crippen LogP contribution is 2.53. The maximum Gasteiger partial charge on any atom is 0.255 e. The van der Waals surface area contributed by atoms with Gasteiger partial charge in [-0.3, -0.25) is 19.2 Å². The Kier molecular flexibility index (Phi) is 5.48. The summed E-state index contributed by atoms with van der Waals surface area (Å²) in [4.78, 5) is 50.9. The zero-order chi connectivity index (χ0) is 28.7. The number of nitrogens with two attached hydrogens (primary N) is 2. The number of carbonyl (C=O) groups is 4. The van der Waals surface area contributed by atoms with E-state index in [0.29, 0.717) is 22.4 Å². The summed E-state index contributed by atoms with van der Waals surface area (Å²) in [6, 6.07) is 10.0. The van der Waals surface area contributed by atoms with E-state index in [1.807, 2.05) is 0 Å². The molecule has 11 nitrogen and oxygen atoms in total. The third kappa shape index (κ3) is 3.51. The molecule has 4 aliphatic rings. The first-order valence-electron chi connectivity index (χ1n) is 12.9. The Morgan fingerprint density at radius 1 is 1.00 bits per heavy atom.